The highest BCUT2D eigenvalue weighted by molar-refractivity contribution is 5.22. The van der Waals surface area contributed by atoms with Crippen molar-refractivity contribution in [3.8, 4) is 0 Å². The van der Waals surface area contributed by atoms with Gasteiger partial charge >= 0.3 is 0 Å². The quantitative estimate of drug-likeness (QED) is 0.708. The molecule has 2 heteroatoms. The molecule has 0 saturated carbocycles. The summed E-state index contributed by atoms with van der Waals surface area (Å²) in [5.41, 5.74) is 7.79. The molecular weight excluding hydrogens is 165 g/mol. The lowest BCUT2D eigenvalue weighted by Crippen LogP contribution is -2.05. The molecule has 0 aliphatic rings. The Morgan fingerprint density at radius 1 is 1.38 bits per heavy atom. The van der Waals surface area contributed by atoms with Gasteiger partial charge in [-0.1, -0.05) is 23.8 Å². The Hall–Kier alpha value is -1.15. The van der Waals surface area contributed by atoms with Crippen LogP contribution in [0.15, 0.2) is 35.9 Å². The van der Waals surface area contributed by atoms with Gasteiger partial charge in [0.15, 0.2) is 0 Å². The summed E-state index contributed by atoms with van der Waals surface area (Å²) in [7, 11) is 0. The largest absolute Gasteiger partial charge is 0.327 e. The molecule has 0 atom stereocenters. The maximum absolute atomic E-state index is 12.5. The predicted molar refractivity (Wildman–Crippen MR) is 52.9 cm³/mol. The molecule has 0 aliphatic heterocycles. The summed E-state index contributed by atoms with van der Waals surface area (Å²) in [6.07, 6.45) is 2.82. The van der Waals surface area contributed by atoms with Crippen LogP contribution in [-0.2, 0) is 6.42 Å². The molecule has 0 spiro atoms. The molecule has 1 rings (SSSR count). The lowest BCUT2D eigenvalue weighted by molar-refractivity contribution is 0.627. The molecule has 13 heavy (non-hydrogen) atoms. The van der Waals surface area contributed by atoms with E-state index in [2.05, 4.69) is 0 Å². The highest BCUT2D eigenvalue weighted by atomic mass is 19.1. The van der Waals surface area contributed by atoms with Gasteiger partial charge in [-0.05, 0) is 31.0 Å². The molecule has 1 aromatic rings. The summed E-state index contributed by atoms with van der Waals surface area (Å²) in [6.45, 7) is 2.53. The van der Waals surface area contributed by atoms with E-state index in [0.29, 0.717) is 6.54 Å². The lowest BCUT2D eigenvalue weighted by atomic mass is 10.1. The maximum Gasteiger partial charge on any atom is 0.123 e. The van der Waals surface area contributed by atoms with E-state index in [4.69, 9.17) is 5.73 Å². The number of benzene rings is 1. The van der Waals surface area contributed by atoms with E-state index in [1.165, 1.54) is 17.7 Å². The fraction of sp³-hybridized carbons (Fsp3) is 0.273. The third-order valence-electron chi connectivity index (χ3n) is 2.01. The molecule has 0 unspecified atom stereocenters. The highest BCUT2D eigenvalue weighted by Crippen LogP contribution is 2.08. The fourth-order valence-corrected chi connectivity index (χ4v) is 1.16. The van der Waals surface area contributed by atoms with Crippen molar-refractivity contribution in [2.75, 3.05) is 6.54 Å². The molecule has 70 valence electrons. The first-order valence-corrected chi connectivity index (χ1v) is 4.35. The van der Waals surface area contributed by atoms with Crippen molar-refractivity contribution in [1.29, 1.82) is 0 Å². The first-order chi connectivity index (χ1) is 6.26. The van der Waals surface area contributed by atoms with E-state index < -0.39 is 0 Å². The smallest absolute Gasteiger partial charge is 0.123 e. The summed E-state index contributed by atoms with van der Waals surface area (Å²) in [6, 6.07) is 6.52. The van der Waals surface area contributed by atoms with Gasteiger partial charge in [0.1, 0.15) is 5.82 Å². The summed E-state index contributed by atoms with van der Waals surface area (Å²) >= 11 is 0. The zero-order chi connectivity index (χ0) is 9.68. The van der Waals surface area contributed by atoms with Crippen LogP contribution in [0.5, 0.6) is 0 Å². The number of hydrogen-bond acceptors (Lipinski definition) is 1. The fourth-order valence-electron chi connectivity index (χ4n) is 1.16. The molecule has 0 bridgehead atoms. The lowest BCUT2D eigenvalue weighted by Gasteiger charge is -2.03. The van der Waals surface area contributed by atoms with Crippen LogP contribution >= 0.6 is 0 Å². The molecule has 0 heterocycles. The Labute approximate surface area is 78.1 Å². The monoisotopic (exact) mass is 179 g/mol. The van der Waals surface area contributed by atoms with Crippen molar-refractivity contribution in [2.24, 2.45) is 5.73 Å². The van der Waals surface area contributed by atoms with Crippen molar-refractivity contribution in [3.63, 3.8) is 0 Å². The number of rotatable bonds is 3. The van der Waals surface area contributed by atoms with Crippen molar-refractivity contribution >= 4 is 0 Å². The first-order valence-electron chi connectivity index (χ1n) is 4.35. The minimum Gasteiger partial charge on any atom is -0.327 e. The summed E-state index contributed by atoms with van der Waals surface area (Å²) in [5, 5.41) is 0. The maximum atomic E-state index is 12.5. The van der Waals surface area contributed by atoms with Gasteiger partial charge in [0, 0.05) is 6.54 Å². The number of halogens is 1. The van der Waals surface area contributed by atoms with Crippen LogP contribution in [0.4, 0.5) is 4.39 Å². The molecule has 0 aliphatic carbocycles. The van der Waals surface area contributed by atoms with E-state index in [0.717, 1.165) is 12.0 Å². The molecular formula is C11H14FN. The van der Waals surface area contributed by atoms with E-state index in [9.17, 15) is 4.39 Å². The minimum atomic E-state index is -0.196. The van der Waals surface area contributed by atoms with Crippen LogP contribution in [0.3, 0.4) is 0 Å². The van der Waals surface area contributed by atoms with Crippen molar-refractivity contribution in [3.05, 3.63) is 47.3 Å². The summed E-state index contributed by atoms with van der Waals surface area (Å²) in [5.74, 6) is -0.196. The topological polar surface area (TPSA) is 26.0 Å². The highest BCUT2D eigenvalue weighted by Gasteiger charge is 1.96. The van der Waals surface area contributed by atoms with Gasteiger partial charge in [0.2, 0.25) is 0 Å². The van der Waals surface area contributed by atoms with Crippen LogP contribution in [0, 0.1) is 5.82 Å². The SMILES string of the molecule is C/C=C(\CN)Cc1ccc(F)cc1. The van der Waals surface area contributed by atoms with Gasteiger partial charge < -0.3 is 5.73 Å². The molecule has 1 aromatic carbocycles. The number of allylic oxidation sites excluding steroid dienone is 1. The van der Waals surface area contributed by atoms with Gasteiger partial charge in [-0.15, -0.1) is 0 Å². The van der Waals surface area contributed by atoms with Gasteiger partial charge in [0.25, 0.3) is 0 Å². The molecule has 0 saturated heterocycles. The molecule has 1 nitrogen and oxygen atoms in total. The zero-order valence-corrected chi connectivity index (χ0v) is 7.76. The van der Waals surface area contributed by atoms with Gasteiger partial charge in [0.05, 0.1) is 0 Å². The van der Waals surface area contributed by atoms with Gasteiger partial charge in [-0.25, -0.2) is 4.39 Å². The Bertz CT molecular complexity index is 287. The Balaban J connectivity index is 2.69. The number of hydrogen-bond donors (Lipinski definition) is 1. The molecule has 0 aromatic heterocycles. The molecule has 0 fully saturated rings. The minimum absolute atomic E-state index is 0.196. The average molecular weight is 179 g/mol. The molecule has 0 amide bonds. The summed E-state index contributed by atoms with van der Waals surface area (Å²) < 4.78 is 12.5. The first kappa shape index (κ1) is 9.93. The van der Waals surface area contributed by atoms with E-state index in [1.807, 2.05) is 13.0 Å². The number of nitrogens with two attached hydrogens (primary N) is 1. The third-order valence-corrected chi connectivity index (χ3v) is 2.01. The standard InChI is InChI=1S/C11H14FN/c1-2-9(8-13)7-10-3-5-11(12)6-4-10/h2-6H,7-8,13H2,1H3/b9-2-. The van der Waals surface area contributed by atoms with Crippen LogP contribution in [0.1, 0.15) is 12.5 Å². The van der Waals surface area contributed by atoms with Crippen molar-refractivity contribution in [1.82, 2.24) is 0 Å². The van der Waals surface area contributed by atoms with Crippen LogP contribution in [-0.4, -0.2) is 6.54 Å². The van der Waals surface area contributed by atoms with Crippen molar-refractivity contribution in [2.45, 2.75) is 13.3 Å². The third kappa shape index (κ3) is 2.99. The normalized spacial score (nSPS) is 11.8. The van der Waals surface area contributed by atoms with Crippen LogP contribution in [0.2, 0.25) is 0 Å². The van der Waals surface area contributed by atoms with Crippen molar-refractivity contribution < 1.29 is 4.39 Å². The Morgan fingerprint density at radius 2 is 2.00 bits per heavy atom. The van der Waals surface area contributed by atoms with Crippen LogP contribution < -0.4 is 5.73 Å². The Kier molecular flexibility index (Phi) is 3.65. The van der Waals surface area contributed by atoms with Crippen LogP contribution in [0.25, 0.3) is 0 Å². The molecule has 0 radical (unpaired) electrons. The van der Waals surface area contributed by atoms with E-state index >= 15 is 0 Å². The second-order valence-corrected chi connectivity index (χ2v) is 2.95. The van der Waals surface area contributed by atoms with Gasteiger partial charge in [-0.2, -0.15) is 0 Å². The second-order valence-electron chi connectivity index (χ2n) is 2.95. The summed E-state index contributed by atoms with van der Waals surface area (Å²) in [4.78, 5) is 0. The molecule has 2 N–H and O–H groups in total. The predicted octanol–water partition coefficient (Wildman–Crippen LogP) is 2.27. The van der Waals surface area contributed by atoms with E-state index in [-0.39, 0.29) is 5.82 Å². The van der Waals surface area contributed by atoms with Gasteiger partial charge in [-0.3, -0.25) is 0 Å². The average Bonchev–Trinajstić information content (AvgIpc) is 2.17. The second kappa shape index (κ2) is 4.77. The zero-order valence-electron chi connectivity index (χ0n) is 7.76. The van der Waals surface area contributed by atoms with E-state index in [1.54, 1.807) is 12.1 Å². The Morgan fingerprint density at radius 3 is 2.46 bits per heavy atom.